The highest BCUT2D eigenvalue weighted by Crippen LogP contribution is 2.68. The Balaban J connectivity index is 1.38. The summed E-state index contributed by atoms with van der Waals surface area (Å²) in [5.74, 6) is 2.91. The summed E-state index contributed by atoms with van der Waals surface area (Å²) in [5, 5.41) is 14.9. The third-order valence-electron chi connectivity index (χ3n) is 12.2. The van der Waals surface area contributed by atoms with E-state index in [0.717, 1.165) is 44.9 Å². The van der Waals surface area contributed by atoms with Crippen LogP contribution in [0.1, 0.15) is 111 Å². The standard InChI is InChI=1S/C32H57N3O4/c1-5-39-28(37)12-9-20(2)23-10-11-24-29-25(14-16-32(23,24)4)31(3)15-13-22(18-21(31)19-27(29)36)35-30(38)26(34)8-6-7-17-33/h20-27,29,36H,5-19,33-34H2,1-4H3,(H,35,38). The van der Waals surface area contributed by atoms with Gasteiger partial charge in [-0.25, -0.2) is 0 Å². The number of aliphatic hydroxyl groups excluding tert-OH is 1. The number of rotatable bonds is 11. The van der Waals surface area contributed by atoms with E-state index in [1.165, 1.54) is 25.7 Å². The Bertz CT molecular complexity index is 853. The molecule has 0 radical (unpaired) electrons. The highest BCUT2D eigenvalue weighted by atomic mass is 16.5. The Kier molecular flexibility index (Phi) is 10.1. The van der Waals surface area contributed by atoms with Gasteiger partial charge in [0.2, 0.25) is 5.91 Å². The van der Waals surface area contributed by atoms with Gasteiger partial charge in [0.15, 0.2) is 0 Å². The molecule has 6 N–H and O–H groups in total. The van der Waals surface area contributed by atoms with Gasteiger partial charge in [-0.3, -0.25) is 9.59 Å². The molecule has 4 aliphatic carbocycles. The van der Waals surface area contributed by atoms with Gasteiger partial charge < -0.3 is 26.6 Å². The molecule has 4 saturated carbocycles. The zero-order chi connectivity index (χ0) is 28.4. The van der Waals surface area contributed by atoms with Crippen molar-refractivity contribution in [2.45, 2.75) is 129 Å². The van der Waals surface area contributed by atoms with E-state index in [1.807, 2.05) is 6.92 Å². The number of aliphatic hydroxyl groups is 1. The number of fused-ring (bicyclic) bond motifs is 5. The van der Waals surface area contributed by atoms with Crippen LogP contribution in [0.2, 0.25) is 0 Å². The molecule has 0 saturated heterocycles. The first-order chi connectivity index (χ1) is 18.5. The molecule has 1 amide bonds. The summed E-state index contributed by atoms with van der Waals surface area (Å²) >= 11 is 0. The number of amides is 1. The quantitative estimate of drug-likeness (QED) is 0.222. The van der Waals surface area contributed by atoms with Crippen LogP contribution in [0.4, 0.5) is 0 Å². The molecule has 0 aromatic heterocycles. The Labute approximate surface area is 236 Å². The van der Waals surface area contributed by atoms with E-state index in [9.17, 15) is 14.7 Å². The summed E-state index contributed by atoms with van der Waals surface area (Å²) in [7, 11) is 0. The Morgan fingerprint density at radius 2 is 1.74 bits per heavy atom. The van der Waals surface area contributed by atoms with E-state index in [0.29, 0.717) is 61.5 Å². The number of nitrogens with two attached hydrogens (primary N) is 2. The average molecular weight is 548 g/mol. The van der Waals surface area contributed by atoms with Gasteiger partial charge in [0, 0.05) is 12.5 Å². The summed E-state index contributed by atoms with van der Waals surface area (Å²) in [5.41, 5.74) is 12.2. The van der Waals surface area contributed by atoms with Crippen LogP contribution < -0.4 is 16.8 Å². The smallest absolute Gasteiger partial charge is 0.305 e. The second kappa shape index (κ2) is 12.8. The molecule has 7 nitrogen and oxygen atoms in total. The minimum atomic E-state index is -0.461. The molecule has 11 unspecified atom stereocenters. The molecular weight excluding hydrogens is 490 g/mol. The molecule has 224 valence electrons. The number of hydrogen-bond acceptors (Lipinski definition) is 6. The van der Waals surface area contributed by atoms with Gasteiger partial charge in [-0.15, -0.1) is 0 Å². The molecule has 7 heteroatoms. The normalized spacial score (nSPS) is 41.1. The van der Waals surface area contributed by atoms with Crippen molar-refractivity contribution in [2.75, 3.05) is 13.2 Å². The van der Waals surface area contributed by atoms with Gasteiger partial charge >= 0.3 is 5.97 Å². The molecule has 11 atom stereocenters. The molecule has 0 heterocycles. The lowest BCUT2D eigenvalue weighted by atomic mass is 9.43. The second-order valence-corrected chi connectivity index (χ2v) is 14.2. The maximum Gasteiger partial charge on any atom is 0.305 e. The lowest BCUT2D eigenvalue weighted by Crippen LogP contribution is -2.60. The van der Waals surface area contributed by atoms with E-state index >= 15 is 0 Å². The molecule has 0 aliphatic heterocycles. The van der Waals surface area contributed by atoms with Gasteiger partial charge in [0.05, 0.1) is 18.8 Å². The zero-order valence-electron chi connectivity index (χ0n) is 25.1. The number of carbonyl (C=O) groups is 2. The molecule has 0 aromatic rings. The van der Waals surface area contributed by atoms with Crippen molar-refractivity contribution in [2.24, 2.45) is 57.8 Å². The number of esters is 1. The predicted molar refractivity (Wildman–Crippen MR) is 154 cm³/mol. The molecule has 4 rings (SSSR count). The largest absolute Gasteiger partial charge is 0.466 e. The summed E-state index contributed by atoms with van der Waals surface area (Å²) in [6, 6.07) is -0.304. The van der Waals surface area contributed by atoms with Gasteiger partial charge in [0.25, 0.3) is 0 Å². The van der Waals surface area contributed by atoms with Crippen LogP contribution in [-0.2, 0) is 14.3 Å². The first kappa shape index (κ1) is 30.8. The van der Waals surface area contributed by atoms with Gasteiger partial charge in [-0.2, -0.15) is 0 Å². The lowest BCUT2D eigenvalue weighted by Gasteiger charge is -2.62. The fourth-order valence-corrected chi connectivity index (χ4v) is 10.1. The fraction of sp³-hybridized carbons (Fsp3) is 0.938. The van der Waals surface area contributed by atoms with Crippen LogP contribution >= 0.6 is 0 Å². The van der Waals surface area contributed by atoms with Gasteiger partial charge in [-0.1, -0.05) is 27.2 Å². The highest BCUT2D eigenvalue weighted by molar-refractivity contribution is 5.81. The van der Waals surface area contributed by atoms with Gasteiger partial charge in [-0.05, 0) is 130 Å². The average Bonchev–Trinajstić information content (AvgIpc) is 3.25. The monoisotopic (exact) mass is 547 g/mol. The number of ether oxygens (including phenoxy) is 1. The highest BCUT2D eigenvalue weighted by Gasteiger charge is 2.62. The van der Waals surface area contributed by atoms with Crippen LogP contribution in [-0.4, -0.2) is 48.3 Å². The predicted octanol–water partition coefficient (Wildman–Crippen LogP) is 4.54. The van der Waals surface area contributed by atoms with E-state index in [4.69, 9.17) is 16.2 Å². The Morgan fingerprint density at radius 1 is 1.03 bits per heavy atom. The summed E-state index contributed by atoms with van der Waals surface area (Å²) < 4.78 is 5.19. The minimum absolute atomic E-state index is 0.0302. The van der Waals surface area contributed by atoms with Gasteiger partial charge in [0.1, 0.15) is 0 Å². The molecule has 0 aromatic carbocycles. The molecule has 4 aliphatic rings. The second-order valence-electron chi connectivity index (χ2n) is 14.2. The minimum Gasteiger partial charge on any atom is -0.466 e. The number of carbonyl (C=O) groups excluding carboxylic acids is 2. The molecule has 4 fully saturated rings. The third-order valence-corrected chi connectivity index (χ3v) is 12.2. The van der Waals surface area contributed by atoms with E-state index in [-0.39, 0.29) is 34.9 Å². The summed E-state index contributed by atoms with van der Waals surface area (Å²) in [4.78, 5) is 24.8. The summed E-state index contributed by atoms with van der Waals surface area (Å²) in [6.07, 6.45) is 12.3. The maximum absolute atomic E-state index is 12.8. The topological polar surface area (TPSA) is 128 Å². The number of unbranched alkanes of at least 4 members (excludes halogenated alkanes) is 1. The SMILES string of the molecule is CCOC(=O)CCC(C)C1CCC2C3C(O)CC4CC(NC(=O)C(N)CCCCN)CCC4(C)C3CCC12C. The van der Waals surface area contributed by atoms with Crippen molar-refractivity contribution < 1.29 is 19.4 Å². The fourth-order valence-electron chi connectivity index (χ4n) is 10.1. The maximum atomic E-state index is 12.8. The van der Waals surface area contributed by atoms with E-state index in [1.54, 1.807) is 0 Å². The lowest BCUT2D eigenvalue weighted by molar-refractivity contribution is -0.167. The third kappa shape index (κ3) is 6.21. The Hall–Kier alpha value is -1.18. The number of nitrogens with one attached hydrogen (secondary N) is 1. The molecule has 39 heavy (non-hydrogen) atoms. The van der Waals surface area contributed by atoms with Crippen molar-refractivity contribution in [3.63, 3.8) is 0 Å². The van der Waals surface area contributed by atoms with Crippen molar-refractivity contribution in [1.82, 2.24) is 5.32 Å². The van der Waals surface area contributed by atoms with E-state index < -0.39 is 6.04 Å². The first-order valence-corrected chi connectivity index (χ1v) is 16.1. The van der Waals surface area contributed by atoms with Crippen LogP contribution in [0.5, 0.6) is 0 Å². The van der Waals surface area contributed by atoms with Crippen LogP contribution in [0.15, 0.2) is 0 Å². The molecular formula is C32H57N3O4. The van der Waals surface area contributed by atoms with Crippen molar-refractivity contribution in [1.29, 1.82) is 0 Å². The van der Waals surface area contributed by atoms with Crippen LogP contribution in [0.3, 0.4) is 0 Å². The summed E-state index contributed by atoms with van der Waals surface area (Å²) in [6.45, 7) is 10.3. The van der Waals surface area contributed by atoms with Crippen molar-refractivity contribution in [3.05, 3.63) is 0 Å². The Morgan fingerprint density at radius 3 is 2.46 bits per heavy atom. The van der Waals surface area contributed by atoms with Crippen molar-refractivity contribution in [3.8, 4) is 0 Å². The first-order valence-electron chi connectivity index (χ1n) is 16.1. The molecule has 0 spiro atoms. The number of hydrogen-bond donors (Lipinski definition) is 4. The molecule has 0 bridgehead atoms. The van der Waals surface area contributed by atoms with Crippen LogP contribution in [0.25, 0.3) is 0 Å². The van der Waals surface area contributed by atoms with E-state index in [2.05, 4.69) is 26.1 Å². The zero-order valence-corrected chi connectivity index (χ0v) is 25.1. The van der Waals surface area contributed by atoms with Crippen LogP contribution in [0, 0.1) is 46.3 Å². The van der Waals surface area contributed by atoms with Crippen molar-refractivity contribution >= 4 is 11.9 Å².